The fourth-order valence-corrected chi connectivity index (χ4v) is 4.05. The van der Waals surface area contributed by atoms with Crippen molar-refractivity contribution in [1.29, 1.82) is 0 Å². The first-order chi connectivity index (χ1) is 14.0. The SMILES string of the molecule is O=C(c1ccc([N+](=O)[O-])o1)N(CCN1CCOCC1)c1nc2c(F)cccc2s1. The molecule has 1 fully saturated rings. The minimum absolute atomic E-state index is 0.168. The standard InChI is InChI=1S/C18H17FN4O5S/c19-12-2-1-3-14-16(12)20-18(29-14)22(7-6-21-8-10-27-11-9-21)17(24)13-4-5-15(28-13)23(25)26/h1-5H,6-11H2. The molecule has 1 aliphatic rings. The number of nitrogens with zero attached hydrogens (tertiary/aromatic N) is 4. The number of carbonyl (C=O) groups is 1. The summed E-state index contributed by atoms with van der Waals surface area (Å²) in [4.78, 5) is 31.0. The van der Waals surface area contributed by atoms with Gasteiger partial charge in [-0.2, -0.15) is 0 Å². The summed E-state index contributed by atoms with van der Waals surface area (Å²) in [5.41, 5.74) is 0.182. The number of anilines is 1. The summed E-state index contributed by atoms with van der Waals surface area (Å²) >= 11 is 1.18. The van der Waals surface area contributed by atoms with Gasteiger partial charge in [-0.15, -0.1) is 0 Å². The van der Waals surface area contributed by atoms with Gasteiger partial charge in [-0.1, -0.05) is 17.4 Å². The second kappa shape index (κ2) is 8.23. The van der Waals surface area contributed by atoms with Crippen LogP contribution in [0, 0.1) is 15.9 Å². The van der Waals surface area contributed by atoms with E-state index in [1.165, 1.54) is 28.4 Å². The number of carbonyl (C=O) groups excluding carboxylic acids is 1. The Bertz CT molecular complexity index is 1050. The van der Waals surface area contributed by atoms with Crippen LogP contribution in [-0.2, 0) is 4.74 Å². The molecule has 9 nitrogen and oxygen atoms in total. The van der Waals surface area contributed by atoms with Crippen LogP contribution in [0.15, 0.2) is 34.7 Å². The lowest BCUT2D eigenvalue weighted by Crippen LogP contribution is -2.43. The summed E-state index contributed by atoms with van der Waals surface area (Å²) in [6, 6.07) is 7.00. The van der Waals surface area contributed by atoms with Crippen molar-refractivity contribution in [2.24, 2.45) is 0 Å². The molecule has 2 aromatic heterocycles. The summed E-state index contributed by atoms with van der Waals surface area (Å²) in [7, 11) is 0. The van der Waals surface area contributed by atoms with Crippen molar-refractivity contribution < 1.29 is 23.3 Å². The molecule has 0 N–H and O–H groups in total. The molecule has 0 spiro atoms. The summed E-state index contributed by atoms with van der Waals surface area (Å²) in [5, 5.41) is 11.2. The molecule has 3 aromatic rings. The lowest BCUT2D eigenvalue weighted by molar-refractivity contribution is -0.402. The molecule has 4 rings (SSSR count). The lowest BCUT2D eigenvalue weighted by Gasteiger charge is -2.28. The zero-order valence-electron chi connectivity index (χ0n) is 15.2. The van der Waals surface area contributed by atoms with Crippen LogP contribution >= 0.6 is 11.3 Å². The molecule has 11 heteroatoms. The first kappa shape index (κ1) is 19.4. The number of thiazole rings is 1. The molecule has 3 heterocycles. The average Bonchev–Trinajstić information content (AvgIpc) is 3.37. The number of halogens is 1. The van der Waals surface area contributed by atoms with Crippen LogP contribution in [-0.4, -0.2) is 60.1 Å². The highest BCUT2D eigenvalue weighted by Gasteiger charge is 2.27. The van der Waals surface area contributed by atoms with Crippen LogP contribution in [0.4, 0.5) is 15.4 Å². The van der Waals surface area contributed by atoms with E-state index in [1.54, 1.807) is 12.1 Å². The predicted octanol–water partition coefficient (Wildman–Crippen LogP) is 2.92. The summed E-state index contributed by atoms with van der Waals surface area (Å²) in [6.07, 6.45) is 0. The lowest BCUT2D eigenvalue weighted by atomic mass is 10.3. The summed E-state index contributed by atoms with van der Waals surface area (Å²) < 4.78 is 25.1. The van der Waals surface area contributed by atoms with E-state index in [0.717, 1.165) is 19.2 Å². The number of hydrogen-bond donors (Lipinski definition) is 0. The van der Waals surface area contributed by atoms with E-state index in [-0.39, 0.29) is 17.8 Å². The zero-order chi connectivity index (χ0) is 20.4. The highest BCUT2D eigenvalue weighted by Crippen LogP contribution is 2.31. The van der Waals surface area contributed by atoms with Gasteiger partial charge in [0.1, 0.15) is 16.3 Å². The van der Waals surface area contributed by atoms with Crippen LogP contribution in [0.2, 0.25) is 0 Å². The molecule has 1 amide bonds. The number of amides is 1. The Morgan fingerprint density at radius 3 is 2.79 bits per heavy atom. The van der Waals surface area contributed by atoms with Crippen LogP contribution in [0.1, 0.15) is 10.6 Å². The molecular formula is C18H17FN4O5S. The Balaban J connectivity index is 1.64. The van der Waals surface area contributed by atoms with Gasteiger partial charge in [-0.3, -0.25) is 24.7 Å². The highest BCUT2D eigenvalue weighted by molar-refractivity contribution is 7.22. The molecule has 29 heavy (non-hydrogen) atoms. The van der Waals surface area contributed by atoms with Gasteiger partial charge >= 0.3 is 5.88 Å². The smallest absolute Gasteiger partial charge is 0.395 e. The monoisotopic (exact) mass is 420 g/mol. The molecule has 0 unspecified atom stereocenters. The van der Waals surface area contributed by atoms with Gasteiger partial charge in [0.2, 0.25) is 0 Å². The van der Waals surface area contributed by atoms with Crippen LogP contribution in [0.25, 0.3) is 10.2 Å². The summed E-state index contributed by atoms with van der Waals surface area (Å²) in [6.45, 7) is 3.53. The number of rotatable bonds is 6. The minimum Gasteiger partial charge on any atom is -0.395 e. The Labute approximate surface area is 168 Å². The van der Waals surface area contributed by atoms with Gasteiger partial charge in [0.05, 0.1) is 24.0 Å². The number of furan rings is 1. The van der Waals surface area contributed by atoms with Gasteiger partial charge < -0.3 is 9.15 Å². The number of morpholine rings is 1. The maximum atomic E-state index is 14.1. The first-order valence-corrected chi connectivity index (χ1v) is 9.76. The minimum atomic E-state index is -0.706. The molecule has 0 bridgehead atoms. The van der Waals surface area contributed by atoms with Gasteiger partial charge in [-0.05, 0) is 18.2 Å². The number of nitro groups is 1. The highest BCUT2D eigenvalue weighted by atomic mass is 32.1. The van der Waals surface area contributed by atoms with Crippen molar-refractivity contribution >= 4 is 38.5 Å². The quantitative estimate of drug-likeness (QED) is 0.446. The van der Waals surface area contributed by atoms with E-state index in [0.29, 0.717) is 29.6 Å². The van der Waals surface area contributed by atoms with E-state index in [2.05, 4.69) is 9.88 Å². The largest absolute Gasteiger partial charge is 0.433 e. The Hall–Kier alpha value is -2.89. The second-order valence-corrected chi connectivity index (χ2v) is 7.40. The third-order valence-corrected chi connectivity index (χ3v) is 5.60. The molecule has 0 aliphatic carbocycles. The number of aromatic nitrogens is 1. The Morgan fingerprint density at radius 2 is 2.10 bits per heavy atom. The molecule has 0 atom stereocenters. The number of fused-ring (bicyclic) bond motifs is 1. The molecule has 0 saturated carbocycles. The Kier molecular flexibility index (Phi) is 5.51. The predicted molar refractivity (Wildman–Crippen MR) is 104 cm³/mol. The van der Waals surface area contributed by atoms with Crippen molar-refractivity contribution in [1.82, 2.24) is 9.88 Å². The molecular weight excluding hydrogens is 403 g/mol. The summed E-state index contributed by atoms with van der Waals surface area (Å²) in [5.74, 6) is -1.72. The fourth-order valence-electron chi connectivity index (χ4n) is 3.04. The molecule has 0 radical (unpaired) electrons. The van der Waals surface area contributed by atoms with Crippen molar-refractivity contribution in [2.75, 3.05) is 44.3 Å². The molecule has 1 aliphatic heterocycles. The van der Waals surface area contributed by atoms with E-state index < -0.39 is 22.5 Å². The van der Waals surface area contributed by atoms with Crippen molar-refractivity contribution in [2.45, 2.75) is 0 Å². The van der Waals surface area contributed by atoms with Gasteiger partial charge in [0.25, 0.3) is 5.91 Å². The maximum absolute atomic E-state index is 14.1. The van der Waals surface area contributed by atoms with Crippen molar-refractivity contribution in [3.05, 3.63) is 52.0 Å². The Morgan fingerprint density at radius 1 is 1.31 bits per heavy atom. The topological polar surface area (TPSA) is 102 Å². The average molecular weight is 420 g/mol. The van der Waals surface area contributed by atoms with Crippen molar-refractivity contribution in [3.63, 3.8) is 0 Å². The fraction of sp³-hybridized carbons (Fsp3) is 0.333. The first-order valence-electron chi connectivity index (χ1n) is 8.94. The normalized spacial score (nSPS) is 14.9. The van der Waals surface area contributed by atoms with Crippen LogP contribution in [0.5, 0.6) is 0 Å². The number of ether oxygens (including phenoxy) is 1. The van der Waals surface area contributed by atoms with Gasteiger partial charge in [0.15, 0.2) is 10.9 Å². The van der Waals surface area contributed by atoms with Crippen LogP contribution in [0.3, 0.4) is 0 Å². The number of hydrogen-bond acceptors (Lipinski definition) is 8. The van der Waals surface area contributed by atoms with E-state index >= 15 is 0 Å². The second-order valence-electron chi connectivity index (χ2n) is 6.39. The van der Waals surface area contributed by atoms with E-state index in [4.69, 9.17) is 9.15 Å². The number of para-hydroxylation sites is 1. The van der Waals surface area contributed by atoms with Crippen LogP contribution < -0.4 is 4.90 Å². The maximum Gasteiger partial charge on any atom is 0.433 e. The third kappa shape index (κ3) is 4.11. The number of benzene rings is 1. The van der Waals surface area contributed by atoms with Gasteiger partial charge in [-0.25, -0.2) is 9.37 Å². The van der Waals surface area contributed by atoms with E-state index in [9.17, 15) is 19.3 Å². The molecule has 152 valence electrons. The molecule has 1 aromatic carbocycles. The van der Waals surface area contributed by atoms with Crippen molar-refractivity contribution in [3.8, 4) is 0 Å². The zero-order valence-corrected chi connectivity index (χ0v) is 16.1. The third-order valence-electron chi connectivity index (χ3n) is 4.56. The van der Waals surface area contributed by atoms with Gasteiger partial charge in [0, 0.05) is 26.2 Å². The molecule has 1 saturated heterocycles. The van der Waals surface area contributed by atoms with E-state index in [1.807, 2.05) is 0 Å².